The largest absolute Gasteiger partial charge is 0.485 e. The van der Waals surface area contributed by atoms with Gasteiger partial charge in [-0.3, -0.25) is 4.79 Å². The number of carbonyl (C=O) groups is 2. The molecule has 0 spiro atoms. The number of hydrogen-bond acceptors (Lipinski definition) is 6. The molecule has 0 aliphatic carbocycles. The number of aliphatic hydroxyl groups is 1. The van der Waals surface area contributed by atoms with Crippen molar-refractivity contribution in [3.8, 4) is 11.5 Å². The number of hydrogen-bond donors (Lipinski definition) is 2. The Morgan fingerprint density at radius 3 is 2.38 bits per heavy atom. The number of aliphatic carboxylic acids is 1. The van der Waals surface area contributed by atoms with Crippen molar-refractivity contribution < 1.29 is 34.0 Å². The van der Waals surface area contributed by atoms with E-state index in [2.05, 4.69) is 0 Å². The molecule has 0 aliphatic rings. The highest BCUT2D eigenvalue weighted by Gasteiger charge is 2.19. The molecule has 2 rings (SSSR count). The number of rotatable bonds is 10. The van der Waals surface area contributed by atoms with Gasteiger partial charge >= 0.3 is 5.97 Å². The fraction of sp³-hybridized carbons (Fsp3) is 0.263. The molecule has 0 radical (unpaired) electrons. The molecule has 0 saturated carbocycles. The zero-order chi connectivity index (χ0) is 18.9. The predicted octanol–water partition coefficient (Wildman–Crippen LogP) is 2.27. The van der Waals surface area contributed by atoms with E-state index in [1.165, 1.54) is 12.1 Å². The van der Waals surface area contributed by atoms with Crippen LogP contribution >= 0.6 is 0 Å². The van der Waals surface area contributed by atoms with Crippen molar-refractivity contribution in [1.82, 2.24) is 0 Å². The van der Waals surface area contributed by atoms with Crippen LogP contribution in [0.1, 0.15) is 22.8 Å². The summed E-state index contributed by atoms with van der Waals surface area (Å²) >= 11 is 0. The van der Waals surface area contributed by atoms with Crippen molar-refractivity contribution in [2.24, 2.45) is 0 Å². The third kappa shape index (κ3) is 5.58. The Labute approximate surface area is 150 Å². The van der Waals surface area contributed by atoms with Crippen molar-refractivity contribution >= 4 is 11.8 Å². The number of carboxylic acids is 1. The summed E-state index contributed by atoms with van der Waals surface area (Å²) in [6.07, 6.45) is -1.38. The molecular weight excluding hydrogens is 340 g/mol. The van der Waals surface area contributed by atoms with Crippen LogP contribution in [0.25, 0.3) is 0 Å². The van der Waals surface area contributed by atoms with Crippen molar-refractivity contribution in [2.75, 3.05) is 13.2 Å². The molecule has 1 atom stereocenters. The van der Waals surface area contributed by atoms with Gasteiger partial charge in [0.15, 0.2) is 12.4 Å². The number of benzene rings is 2. The maximum Gasteiger partial charge on any atom is 0.373 e. The van der Waals surface area contributed by atoms with Gasteiger partial charge in [-0.15, -0.1) is 0 Å². The molecule has 0 aliphatic heterocycles. The van der Waals surface area contributed by atoms with E-state index in [1.807, 2.05) is 0 Å². The highest BCUT2D eigenvalue weighted by atomic mass is 16.7. The molecule has 2 aromatic carbocycles. The fourth-order valence-electron chi connectivity index (χ4n) is 2.12. The number of aliphatic hydroxyl groups excluding tert-OH is 1. The maximum absolute atomic E-state index is 12.1. The summed E-state index contributed by atoms with van der Waals surface area (Å²) in [7, 11) is 0. The molecule has 0 heterocycles. The number of Topliss-reactive ketones (excluding diaryl/α,β-unsaturated/α-hetero) is 1. The Balaban J connectivity index is 1.92. The van der Waals surface area contributed by atoms with Gasteiger partial charge in [0.1, 0.15) is 11.5 Å². The van der Waals surface area contributed by atoms with Crippen LogP contribution in [0.2, 0.25) is 0 Å². The zero-order valence-corrected chi connectivity index (χ0v) is 14.3. The van der Waals surface area contributed by atoms with Gasteiger partial charge in [-0.2, -0.15) is 0 Å². The van der Waals surface area contributed by atoms with Crippen molar-refractivity contribution in [1.29, 1.82) is 0 Å². The first-order valence-electron chi connectivity index (χ1n) is 8.00. The van der Waals surface area contributed by atoms with Crippen LogP contribution in [0.4, 0.5) is 0 Å². The van der Waals surface area contributed by atoms with E-state index < -0.39 is 12.3 Å². The zero-order valence-electron chi connectivity index (χ0n) is 14.3. The minimum absolute atomic E-state index is 0.136. The quantitative estimate of drug-likeness (QED) is 0.495. The highest BCUT2D eigenvalue weighted by Crippen LogP contribution is 2.19. The average Bonchev–Trinajstić information content (AvgIpc) is 2.66. The van der Waals surface area contributed by atoms with E-state index in [0.29, 0.717) is 22.6 Å². The molecule has 2 aromatic rings. The Kier molecular flexibility index (Phi) is 7.13. The topological polar surface area (TPSA) is 102 Å². The first kappa shape index (κ1) is 19.4. The van der Waals surface area contributed by atoms with Gasteiger partial charge in [0.05, 0.1) is 6.61 Å². The lowest BCUT2D eigenvalue weighted by molar-refractivity contribution is -0.170. The normalized spacial score (nSPS) is 11.6. The number of ketones is 1. The molecule has 0 saturated heterocycles. The summed E-state index contributed by atoms with van der Waals surface area (Å²) < 4.78 is 15.6. The lowest BCUT2D eigenvalue weighted by Crippen LogP contribution is -2.30. The van der Waals surface area contributed by atoms with Gasteiger partial charge in [-0.25, -0.2) is 4.79 Å². The second-order valence-electron chi connectivity index (χ2n) is 5.29. The lowest BCUT2D eigenvalue weighted by Gasteiger charge is -2.14. The first-order valence-corrected chi connectivity index (χ1v) is 8.00. The van der Waals surface area contributed by atoms with Gasteiger partial charge in [0.25, 0.3) is 6.29 Å². The minimum Gasteiger partial charge on any atom is -0.485 e. The summed E-state index contributed by atoms with van der Waals surface area (Å²) in [6.45, 7) is 1.58. The highest BCUT2D eigenvalue weighted by molar-refractivity contribution is 5.97. The Hall–Kier alpha value is -2.90. The second kappa shape index (κ2) is 9.55. The number of ether oxygens (including phenoxy) is 3. The molecule has 7 heteroatoms. The Bertz CT molecular complexity index is 740. The molecule has 0 bridgehead atoms. The molecule has 0 aromatic heterocycles. The van der Waals surface area contributed by atoms with Gasteiger partial charge in [-0.05, 0) is 42.8 Å². The van der Waals surface area contributed by atoms with Crippen LogP contribution in [0, 0.1) is 0 Å². The summed E-state index contributed by atoms with van der Waals surface area (Å²) in [6, 6.07) is 12.9. The summed E-state index contributed by atoms with van der Waals surface area (Å²) in [5.41, 5.74) is 1.11. The van der Waals surface area contributed by atoms with Gasteiger partial charge in [-0.1, -0.05) is 18.2 Å². The Morgan fingerprint density at radius 1 is 1.08 bits per heavy atom. The molecule has 26 heavy (non-hydrogen) atoms. The molecular formula is C19H20O7. The molecule has 138 valence electrons. The van der Waals surface area contributed by atoms with Crippen LogP contribution in [0.15, 0.2) is 48.5 Å². The average molecular weight is 360 g/mol. The summed E-state index contributed by atoms with van der Waals surface area (Å²) in [4.78, 5) is 23.1. The Morgan fingerprint density at radius 2 is 1.77 bits per heavy atom. The summed E-state index contributed by atoms with van der Waals surface area (Å²) in [5, 5.41) is 18.1. The smallest absolute Gasteiger partial charge is 0.373 e. The monoisotopic (exact) mass is 360 g/mol. The van der Waals surface area contributed by atoms with E-state index in [1.54, 1.807) is 43.3 Å². The SMILES string of the molecule is CCO[C@H](Oc1ccc(OCC(=O)c2cccc(CO)c2)cc1)C(=O)O. The molecule has 0 fully saturated rings. The van der Waals surface area contributed by atoms with Crippen LogP contribution < -0.4 is 9.47 Å². The van der Waals surface area contributed by atoms with Crippen LogP contribution in [0.5, 0.6) is 11.5 Å². The van der Waals surface area contributed by atoms with Crippen LogP contribution in [-0.4, -0.2) is 41.5 Å². The molecule has 0 amide bonds. The molecule has 0 unspecified atom stereocenters. The van der Waals surface area contributed by atoms with Crippen LogP contribution in [0.3, 0.4) is 0 Å². The summed E-state index contributed by atoms with van der Waals surface area (Å²) in [5.74, 6) is -0.696. The first-order chi connectivity index (χ1) is 12.5. The number of carboxylic acid groups (broad SMARTS) is 1. The van der Waals surface area contributed by atoms with E-state index in [9.17, 15) is 9.59 Å². The third-order valence-electron chi connectivity index (χ3n) is 3.39. The van der Waals surface area contributed by atoms with Crippen LogP contribution in [-0.2, 0) is 16.1 Å². The third-order valence-corrected chi connectivity index (χ3v) is 3.39. The van der Waals surface area contributed by atoms with E-state index in [0.717, 1.165) is 0 Å². The van der Waals surface area contributed by atoms with E-state index in [-0.39, 0.29) is 25.6 Å². The minimum atomic E-state index is -1.38. The van der Waals surface area contributed by atoms with Crippen molar-refractivity contribution in [3.63, 3.8) is 0 Å². The van der Waals surface area contributed by atoms with E-state index >= 15 is 0 Å². The fourth-order valence-corrected chi connectivity index (χ4v) is 2.12. The lowest BCUT2D eigenvalue weighted by atomic mass is 10.1. The van der Waals surface area contributed by atoms with E-state index in [4.69, 9.17) is 24.4 Å². The second-order valence-corrected chi connectivity index (χ2v) is 5.29. The standard InChI is InChI=1S/C19H20O7/c1-2-24-19(18(22)23)26-16-8-6-15(7-9-16)25-12-17(21)14-5-3-4-13(10-14)11-20/h3-10,19-20H,2,11-12H2,1H3,(H,22,23)/t19-/m1/s1. The van der Waals surface area contributed by atoms with Crippen molar-refractivity contribution in [3.05, 3.63) is 59.7 Å². The molecule has 7 nitrogen and oxygen atoms in total. The number of carbonyl (C=O) groups excluding carboxylic acids is 1. The predicted molar refractivity (Wildman–Crippen MR) is 92.3 cm³/mol. The molecule has 2 N–H and O–H groups in total. The van der Waals surface area contributed by atoms with Crippen molar-refractivity contribution in [2.45, 2.75) is 19.8 Å². The van der Waals surface area contributed by atoms with Gasteiger partial charge < -0.3 is 24.4 Å². The maximum atomic E-state index is 12.1. The van der Waals surface area contributed by atoms with Gasteiger partial charge in [0.2, 0.25) is 0 Å². The van der Waals surface area contributed by atoms with Gasteiger partial charge in [0, 0.05) is 12.2 Å².